The summed E-state index contributed by atoms with van der Waals surface area (Å²) in [5.41, 5.74) is -0.242. The van der Waals surface area contributed by atoms with E-state index in [2.05, 4.69) is 15.3 Å². The molecule has 162 valence electrons. The summed E-state index contributed by atoms with van der Waals surface area (Å²) in [6, 6.07) is 5.67. The maximum Gasteiger partial charge on any atom is 0.341 e. The number of thioether (sulfide) groups is 1. The highest BCUT2D eigenvalue weighted by molar-refractivity contribution is 7.98. The van der Waals surface area contributed by atoms with Crippen LogP contribution < -0.4 is 10.9 Å². The summed E-state index contributed by atoms with van der Waals surface area (Å²) in [4.78, 5) is 29.9. The van der Waals surface area contributed by atoms with Gasteiger partial charge in [0.2, 0.25) is 0 Å². The lowest BCUT2D eigenvalue weighted by Crippen LogP contribution is -2.25. The molecule has 0 unspecified atom stereocenters. The average molecular weight is 443 g/mol. The first-order valence-electron chi connectivity index (χ1n) is 8.62. The first kappa shape index (κ1) is 23.3. The molecule has 2 aromatic rings. The van der Waals surface area contributed by atoms with Crippen molar-refractivity contribution < 1.29 is 27.5 Å². The summed E-state index contributed by atoms with van der Waals surface area (Å²) < 4.78 is 44.6. The quantitative estimate of drug-likeness (QED) is 0.276. The number of oxime groups is 1. The molecule has 0 spiro atoms. The predicted octanol–water partition coefficient (Wildman–Crippen LogP) is 3.59. The first-order chi connectivity index (χ1) is 14.3. The number of aromatic nitrogens is 1. The number of esters is 1. The molecule has 1 aromatic carbocycles. The van der Waals surface area contributed by atoms with Crippen molar-refractivity contribution in [3.63, 3.8) is 0 Å². The standard InChI is InChI=1S/C19H20F3N3O4S/c1-25-16(26)8-11(6-7-23-29-10-15(21)22)17(19(27)28-2)18(25)24-14-5-4-12(30-3)9-13(14)20/h4-5,7-9,15,24H,6,10H2,1-3H3. The minimum atomic E-state index is -2.68. The SMILES string of the molecule is COC(=O)c1c(CC=NOCC(F)F)cc(=O)n(C)c1Nc1ccc(SC)cc1F. The second kappa shape index (κ2) is 10.7. The molecule has 0 aliphatic carbocycles. The number of hydrogen-bond donors (Lipinski definition) is 1. The summed E-state index contributed by atoms with van der Waals surface area (Å²) in [5, 5.41) is 6.16. The maximum absolute atomic E-state index is 14.4. The summed E-state index contributed by atoms with van der Waals surface area (Å²) in [7, 11) is 2.57. The van der Waals surface area contributed by atoms with Crippen molar-refractivity contribution in [2.45, 2.75) is 17.7 Å². The third-order valence-electron chi connectivity index (χ3n) is 4.00. The Morgan fingerprint density at radius 1 is 1.37 bits per heavy atom. The fourth-order valence-corrected chi connectivity index (χ4v) is 2.95. The summed E-state index contributed by atoms with van der Waals surface area (Å²) in [6.45, 7) is -0.880. The number of benzene rings is 1. The van der Waals surface area contributed by atoms with Gasteiger partial charge in [0.1, 0.15) is 17.2 Å². The summed E-state index contributed by atoms with van der Waals surface area (Å²) in [5.74, 6) is -1.33. The molecule has 0 amide bonds. The molecule has 30 heavy (non-hydrogen) atoms. The van der Waals surface area contributed by atoms with Crippen molar-refractivity contribution in [2.24, 2.45) is 12.2 Å². The number of alkyl halides is 2. The van der Waals surface area contributed by atoms with Crippen molar-refractivity contribution in [2.75, 3.05) is 25.3 Å². The zero-order valence-electron chi connectivity index (χ0n) is 16.4. The van der Waals surface area contributed by atoms with Crippen molar-refractivity contribution in [1.29, 1.82) is 0 Å². The van der Waals surface area contributed by atoms with Gasteiger partial charge in [-0.2, -0.15) is 0 Å². The van der Waals surface area contributed by atoms with E-state index in [9.17, 15) is 22.8 Å². The number of carbonyl (C=O) groups is 1. The smallest absolute Gasteiger partial charge is 0.341 e. The lowest BCUT2D eigenvalue weighted by Gasteiger charge is -2.18. The van der Waals surface area contributed by atoms with Gasteiger partial charge in [-0.3, -0.25) is 9.36 Å². The number of methoxy groups -OCH3 is 1. The van der Waals surface area contributed by atoms with E-state index < -0.39 is 30.4 Å². The van der Waals surface area contributed by atoms with Crippen LogP contribution in [0.5, 0.6) is 0 Å². The molecular weight excluding hydrogens is 423 g/mol. The Bertz CT molecular complexity index is 996. The number of nitrogens with one attached hydrogen (secondary N) is 1. The fraction of sp³-hybridized carbons (Fsp3) is 0.316. The molecule has 0 saturated carbocycles. The molecule has 1 aromatic heterocycles. The number of hydrogen-bond acceptors (Lipinski definition) is 7. The van der Waals surface area contributed by atoms with Crippen molar-refractivity contribution >= 4 is 35.5 Å². The fourth-order valence-electron chi connectivity index (χ4n) is 2.52. The minimum absolute atomic E-state index is 0.0158. The molecule has 0 aliphatic heterocycles. The van der Waals surface area contributed by atoms with Gasteiger partial charge < -0.3 is 14.9 Å². The number of halogens is 3. The Labute approximate surface area is 174 Å². The van der Waals surface area contributed by atoms with Crippen LogP contribution in [0.2, 0.25) is 0 Å². The molecule has 2 rings (SSSR count). The van der Waals surface area contributed by atoms with Gasteiger partial charge in [-0.25, -0.2) is 18.0 Å². The normalized spacial score (nSPS) is 11.2. The Hall–Kier alpha value is -2.95. The molecule has 0 aliphatic rings. The number of ether oxygens (including phenoxy) is 1. The third kappa shape index (κ3) is 5.78. The lowest BCUT2D eigenvalue weighted by molar-refractivity contribution is 0.0207. The Morgan fingerprint density at radius 2 is 2.10 bits per heavy atom. The highest BCUT2D eigenvalue weighted by Crippen LogP contribution is 2.27. The van der Waals surface area contributed by atoms with E-state index in [1.165, 1.54) is 37.0 Å². The number of rotatable bonds is 9. The maximum atomic E-state index is 14.4. The van der Waals surface area contributed by atoms with Crippen molar-refractivity contribution in [1.82, 2.24) is 4.57 Å². The van der Waals surface area contributed by atoms with Gasteiger partial charge >= 0.3 is 5.97 Å². The van der Waals surface area contributed by atoms with Crippen LogP contribution in [0.25, 0.3) is 0 Å². The van der Waals surface area contributed by atoms with E-state index in [-0.39, 0.29) is 29.1 Å². The van der Waals surface area contributed by atoms with Crippen LogP contribution in [0, 0.1) is 5.82 Å². The topological polar surface area (TPSA) is 81.9 Å². The van der Waals surface area contributed by atoms with Crippen LogP contribution >= 0.6 is 11.8 Å². The molecule has 11 heteroatoms. The van der Waals surface area contributed by atoms with E-state index in [0.29, 0.717) is 4.90 Å². The second-order valence-electron chi connectivity index (χ2n) is 5.93. The van der Waals surface area contributed by atoms with Crippen LogP contribution in [0.3, 0.4) is 0 Å². The van der Waals surface area contributed by atoms with Crippen molar-refractivity contribution in [3.8, 4) is 0 Å². The Kier molecular flexibility index (Phi) is 8.34. The molecule has 0 fully saturated rings. The van der Waals surface area contributed by atoms with Gasteiger partial charge in [0.15, 0.2) is 6.61 Å². The molecule has 1 heterocycles. The van der Waals surface area contributed by atoms with Gasteiger partial charge in [0.05, 0.1) is 12.8 Å². The highest BCUT2D eigenvalue weighted by Gasteiger charge is 2.22. The van der Waals surface area contributed by atoms with Gasteiger partial charge in [-0.1, -0.05) is 5.16 Å². The van der Waals surface area contributed by atoms with Crippen molar-refractivity contribution in [3.05, 3.63) is 51.6 Å². The summed E-state index contributed by atoms with van der Waals surface area (Å²) in [6.07, 6.45) is 0.185. The van der Waals surface area contributed by atoms with Crippen LogP contribution in [0.1, 0.15) is 15.9 Å². The highest BCUT2D eigenvalue weighted by atomic mass is 32.2. The van der Waals surface area contributed by atoms with Gasteiger partial charge in [-0.15, -0.1) is 11.8 Å². The van der Waals surface area contributed by atoms with E-state index in [1.54, 1.807) is 12.3 Å². The third-order valence-corrected chi connectivity index (χ3v) is 4.73. The zero-order valence-corrected chi connectivity index (χ0v) is 17.3. The molecule has 7 nitrogen and oxygen atoms in total. The average Bonchev–Trinajstić information content (AvgIpc) is 2.71. The van der Waals surface area contributed by atoms with Gasteiger partial charge in [0.25, 0.3) is 12.0 Å². The van der Waals surface area contributed by atoms with Gasteiger partial charge in [0, 0.05) is 30.6 Å². The number of anilines is 2. The lowest BCUT2D eigenvalue weighted by atomic mass is 10.1. The number of carbonyl (C=O) groups excluding carboxylic acids is 1. The number of pyridine rings is 1. The number of nitrogens with zero attached hydrogens (tertiary/aromatic N) is 2. The van der Waals surface area contributed by atoms with Crippen LogP contribution in [-0.2, 0) is 23.0 Å². The molecule has 1 N–H and O–H groups in total. The minimum Gasteiger partial charge on any atom is -0.465 e. The largest absolute Gasteiger partial charge is 0.465 e. The predicted molar refractivity (Wildman–Crippen MR) is 109 cm³/mol. The Morgan fingerprint density at radius 3 is 2.70 bits per heavy atom. The van der Waals surface area contributed by atoms with Crippen LogP contribution in [0.15, 0.2) is 39.1 Å². The van der Waals surface area contributed by atoms with Crippen LogP contribution in [-0.4, -0.2) is 43.1 Å². The van der Waals surface area contributed by atoms with E-state index >= 15 is 0 Å². The molecule has 0 atom stereocenters. The van der Waals surface area contributed by atoms with E-state index in [4.69, 9.17) is 4.74 Å². The van der Waals surface area contributed by atoms with E-state index in [1.807, 2.05) is 0 Å². The molecule has 0 bridgehead atoms. The Balaban J connectivity index is 2.46. The van der Waals surface area contributed by atoms with Gasteiger partial charge in [-0.05, 0) is 30.0 Å². The summed E-state index contributed by atoms with van der Waals surface area (Å²) >= 11 is 1.36. The van der Waals surface area contributed by atoms with E-state index in [0.717, 1.165) is 17.9 Å². The molecule has 0 saturated heterocycles. The molecule has 0 radical (unpaired) electrons. The monoisotopic (exact) mass is 443 g/mol. The molecular formula is C19H20F3N3O4S. The first-order valence-corrected chi connectivity index (χ1v) is 9.84. The second-order valence-corrected chi connectivity index (χ2v) is 6.81. The van der Waals surface area contributed by atoms with Crippen LogP contribution in [0.4, 0.5) is 24.7 Å². The zero-order chi connectivity index (χ0) is 22.3.